The summed E-state index contributed by atoms with van der Waals surface area (Å²) in [6.07, 6.45) is 0.562. The molecule has 78 valence electrons. The molecule has 0 amide bonds. The number of halogens is 3. The fourth-order valence-electron chi connectivity index (χ4n) is 1.13. The van der Waals surface area contributed by atoms with E-state index in [1.165, 1.54) is 0 Å². The average molecular weight is 355 g/mol. The van der Waals surface area contributed by atoms with Gasteiger partial charge in [0.05, 0.1) is 16.5 Å². The van der Waals surface area contributed by atoms with E-state index < -0.39 is 0 Å². The minimum atomic E-state index is 0.530. The van der Waals surface area contributed by atoms with Crippen molar-refractivity contribution < 1.29 is 4.42 Å². The second-order valence-electron chi connectivity index (χ2n) is 2.87. The van der Waals surface area contributed by atoms with Crippen LogP contribution in [0.2, 0.25) is 10.0 Å². The normalized spacial score (nSPS) is 10.6. The van der Waals surface area contributed by atoms with Crippen LogP contribution < -0.4 is 0 Å². The number of hydrogen-bond acceptors (Lipinski definition) is 3. The van der Waals surface area contributed by atoms with Crippen molar-refractivity contribution in [3.8, 4) is 0 Å². The first-order valence-electron chi connectivity index (χ1n) is 4.07. The molecule has 0 aliphatic carbocycles. The van der Waals surface area contributed by atoms with Crippen molar-refractivity contribution in [1.82, 2.24) is 10.2 Å². The molecule has 0 aliphatic rings. The Bertz CT molecular complexity index is 487. The molecule has 0 saturated heterocycles. The van der Waals surface area contributed by atoms with Crippen molar-refractivity contribution in [3.05, 3.63) is 43.6 Å². The third-order valence-corrected chi connectivity index (χ3v) is 2.96. The lowest BCUT2D eigenvalue weighted by atomic mass is 10.1. The minimum Gasteiger partial charge on any atom is -0.416 e. The third-order valence-electron chi connectivity index (χ3n) is 1.78. The Balaban J connectivity index is 2.21. The SMILES string of the molecule is Clc1ccc(Cc2nnc(I)o2)cc1Cl. The summed E-state index contributed by atoms with van der Waals surface area (Å²) in [6.45, 7) is 0. The molecule has 6 heteroatoms. The summed E-state index contributed by atoms with van der Waals surface area (Å²) in [5.41, 5.74) is 0.990. The highest BCUT2D eigenvalue weighted by Crippen LogP contribution is 2.23. The van der Waals surface area contributed by atoms with Crippen molar-refractivity contribution in [2.24, 2.45) is 0 Å². The third kappa shape index (κ3) is 2.83. The highest BCUT2D eigenvalue weighted by molar-refractivity contribution is 14.1. The highest BCUT2D eigenvalue weighted by atomic mass is 127. The van der Waals surface area contributed by atoms with Crippen molar-refractivity contribution >= 4 is 45.8 Å². The van der Waals surface area contributed by atoms with Crippen LogP contribution in [0.5, 0.6) is 0 Å². The van der Waals surface area contributed by atoms with Gasteiger partial charge in [0.25, 0.3) is 3.90 Å². The molecule has 0 radical (unpaired) electrons. The van der Waals surface area contributed by atoms with Crippen LogP contribution in [-0.2, 0) is 6.42 Å². The molecule has 3 nitrogen and oxygen atoms in total. The molecule has 1 aromatic carbocycles. The summed E-state index contributed by atoms with van der Waals surface area (Å²) in [7, 11) is 0. The van der Waals surface area contributed by atoms with Gasteiger partial charge in [0.1, 0.15) is 0 Å². The van der Waals surface area contributed by atoms with Crippen LogP contribution >= 0.6 is 45.8 Å². The summed E-state index contributed by atoms with van der Waals surface area (Å²) in [5, 5.41) is 8.70. The van der Waals surface area contributed by atoms with Gasteiger partial charge in [-0.15, -0.1) is 10.2 Å². The van der Waals surface area contributed by atoms with Gasteiger partial charge in [0, 0.05) is 22.6 Å². The maximum absolute atomic E-state index is 5.89. The zero-order valence-corrected chi connectivity index (χ0v) is 11.0. The Morgan fingerprint density at radius 3 is 2.60 bits per heavy atom. The quantitative estimate of drug-likeness (QED) is 0.774. The lowest BCUT2D eigenvalue weighted by Crippen LogP contribution is -1.88. The van der Waals surface area contributed by atoms with E-state index in [1.807, 2.05) is 28.7 Å². The molecule has 0 saturated carbocycles. The Kier molecular flexibility index (Phi) is 3.48. The van der Waals surface area contributed by atoms with Gasteiger partial charge in [-0.3, -0.25) is 0 Å². The number of aromatic nitrogens is 2. The van der Waals surface area contributed by atoms with E-state index in [0.29, 0.717) is 26.3 Å². The van der Waals surface area contributed by atoms with Crippen LogP contribution in [0.25, 0.3) is 0 Å². The summed E-state index contributed by atoms with van der Waals surface area (Å²) in [4.78, 5) is 0. The molecule has 1 heterocycles. The molecule has 0 N–H and O–H groups in total. The standard InChI is InChI=1S/C9H5Cl2IN2O/c10-6-2-1-5(3-7(6)11)4-8-13-14-9(12)15-8/h1-3H,4H2. The Morgan fingerprint density at radius 1 is 1.20 bits per heavy atom. The highest BCUT2D eigenvalue weighted by Gasteiger charge is 2.06. The van der Waals surface area contributed by atoms with E-state index in [4.69, 9.17) is 27.6 Å². The van der Waals surface area contributed by atoms with E-state index in [2.05, 4.69) is 10.2 Å². The second kappa shape index (κ2) is 4.67. The largest absolute Gasteiger partial charge is 0.416 e. The molecule has 0 atom stereocenters. The monoisotopic (exact) mass is 354 g/mol. The van der Waals surface area contributed by atoms with E-state index >= 15 is 0 Å². The first kappa shape index (κ1) is 11.2. The summed E-state index contributed by atoms with van der Waals surface area (Å²) >= 11 is 13.7. The van der Waals surface area contributed by atoms with Crippen molar-refractivity contribution in [1.29, 1.82) is 0 Å². The lowest BCUT2D eigenvalue weighted by molar-refractivity contribution is 0.479. The van der Waals surface area contributed by atoms with Gasteiger partial charge >= 0.3 is 0 Å². The maximum atomic E-state index is 5.89. The first-order chi connectivity index (χ1) is 7.15. The molecular formula is C9H5Cl2IN2O. The zero-order valence-electron chi connectivity index (χ0n) is 7.38. The van der Waals surface area contributed by atoms with Gasteiger partial charge in [-0.25, -0.2) is 0 Å². The molecule has 1 aromatic heterocycles. The predicted octanol–water partition coefficient (Wildman–Crippen LogP) is 3.57. The Hall–Kier alpha value is -0.330. The number of rotatable bonds is 2. The first-order valence-corrected chi connectivity index (χ1v) is 5.90. The van der Waals surface area contributed by atoms with Crippen LogP contribution in [0, 0.1) is 3.90 Å². The molecular weight excluding hydrogens is 350 g/mol. The summed E-state index contributed by atoms with van der Waals surface area (Å²) in [5.74, 6) is 0.567. The Labute approximate surface area is 110 Å². The van der Waals surface area contributed by atoms with Crippen molar-refractivity contribution in [3.63, 3.8) is 0 Å². The molecule has 2 aromatic rings. The molecule has 0 unspecified atom stereocenters. The van der Waals surface area contributed by atoms with Gasteiger partial charge in [-0.1, -0.05) is 29.3 Å². The van der Waals surface area contributed by atoms with E-state index in [9.17, 15) is 0 Å². The molecule has 0 spiro atoms. The average Bonchev–Trinajstić information content (AvgIpc) is 2.58. The second-order valence-corrected chi connectivity index (χ2v) is 4.61. The van der Waals surface area contributed by atoms with Crippen LogP contribution in [0.1, 0.15) is 11.5 Å². The van der Waals surface area contributed by atoms with Crippen molar-refractivity contribution in [2.75, 3.05) is 0 Å². The van der Waals surface area contributed by atoms with E-state index in [0.717, 1.165) is 5.56 Å². The van der Waals surface area contributed by atoms with Crippen molar-refractivity contribution in [2.45, 2.75) is 6.42 Å². The van der Waals surface area contributed by atoms with Crippen LogP contribution in [-0.4, -0.2) is 10.2 Å². The van der Waals surface area contributed by atoms with Crippen LogP contribution in [0.15, 0.2) is 22.6 Å². The van der Waals surface area contributed by atoms with Gasteiger partial charge < -0.3 is 4.42 Å². The maximum Gasteiger partial charge on any atom is 0.278 e. The summed E-state index contributed by atoms with van der Waals surface area (Å²) in [6, 6.07) is 5.42. The van der Waals surface area contributed by atoms with Crippen LogP contribution in [0.4, 0.5) is 0 Å². The van der Waals surface area contributed by atoms with E-state index in [1.54, 1.807) is 12.1 Å². The predicted molar refractivity (Wildman–Crippen MR) is 66.3 cm³/mol. The Morgan fingerprint density at radius 2 is 2.00 bits per heavy atom. The zero-order chi connectivity index (χ0) is 10.8. The topological polar surface area (TPSA) is 38.9 Å². The van der Waals surface area contributed by atoms with Gasteiger partial charge in [-0.2, -0.15) is 0 Å². The summed E-state index contributed by atoms with van der Waals surface area (Å²) < 4.78 is 5.78. The van der Waals surface area contributed by atoms with Gasteiger partial charge in [0.2, 0.25) is 5.89 Å². The fourth-order valence-corrected chi connectivity index (χ4v) is 1.81. The molecule has 0 aliphatic heterocycles. The smallest absolute Gasteiger partial charge is 0.278 e. The lowest BCUT2D eigenvalue weighted by Gasteiger charge is -1.99. The fraction of sp³-hybridized carbons (Fsp3) is 0.111. The molecule has 15 heavy (non-hydrogen) atoms. The number of nitrogens with zero attached hydrogens (tertiary/aromatic N) is 2. The molecule has 2 rings (SSSR count). The number of hydrogen-bond donors (Lipinski definition) is 0. The van der Waals surface area contributed by atoms with E-state index in [-0.39, 0.29) is 0 Å². The minimum absolute atomic E-state index is 0.530. The van der Waals surface area contributed by atoms with Crippen LogP contribution in [0.3, 0.4) is 0 Å². The molecule has 0 bridgehead atoms. The molecule has 0 fully saturated rings. The van der Waals surface area contributed by atoms with Gasteiger partial charge in [0.15, 0.2) is 0 Å². The van der Waals surface area contributed by atoms with Gasteiger partial charge in [-0.05, 0) is 17.7 Å². The number of benzene rings is 1.